The Bertz CT molecular complexity index is 560. The molecule has 0 heterocycles. The van der Waals surface area contributed by atoms with E-state index in [1.807, 2.05) is 36.4 Å². The van der Waals surface area contributed by atoms with Crippen LogP contribution in [0.4, 0.5) is 0 Å². The molecule has 0 saturated carbocycles. The lowest BCUT2D eigenvalue weighted by molar-refractivity contribution is -0.138. The van der Waals surface area contributed by atoms with Crippen LogP contribution in [-0.2, 0) is 4.79 Å². The number of methoxy groups -OCH3 is 1. The maximum absolute atomic E-state index is 11.1. The minimum absolute atomic E-state index is 0.522. The first kappa shape index (κ1) is 11.5. The minimum atomic E-state index is -0.819. The largest absolute Gasteiger partial charge is 0.497 e. The van der Waals surface area contributed by atoms with Crippen molar-refractivity contribution < 1.29 is 14.6 Å². The SMILES string of the molecule is COc1ccc2cccc([C@@H](C)C(=O)O)c2c1. The number of carboxylic acid groups (broad SMARTS) is 1. The molecule has 0 aliphatic rings. The Morgan fingerprint density at radius 1 is 1.29 bits per heavy atom. The molecule has 0 spiro atoms. The van der Waals surface area contributed by atoms with Crippen LogP contribution >= 0.6 is 0 Å². The zero-order valence-corrected chi connectivity index (χ0v) is 9.81. The van der Waals surface area contributed by atoms with Gasteiger partial charge in [-0.3, -0.25) is 4.79 Å². The number of hydrogen-bond acceptors (Lipinski definition) is 2. The highest BCUT2D eigenvalue weighted by molar-refractivity contribution is 5.91. The van der Waals surface area contributed by atoms with E-state index < -0.39 is 11.9 Å². The van der Waals surface area contributed by atoms with Gasteiger partial charge >= 0.3 is 5.97 Å². The van der Waals surface area contributed by atoms with Gasteiger partial charge in [0.15, 0.2) is 0 Å². The average molecular weight is 230 g/mol. The second kappa shape index (κ2) is 4.45. The highest BCUT2D eigenvalue weighted by Gasteiger charge is 2.16. The fourth-order valence-electron chi connectivity index (χ4n) is 1.91. The lowest BCUT2D eigenvalue weighted by Gasteiger charge is -2.11. The summed E-state index contributed by atoms with van der Waals surface area (Å²) in [7, 11) is 1.60. The minimum Gasteiger partial charge on any atom is -0.497 e. The molecular formula is C14H14O3. The van der Waals surface area contributed by atoms with Gasteiger partial charge in [0.25, 0.3) is 0 Å². The number of aliphatic carboxylic acids is 1. The van der Waals surface area contributed by atoms with Crippen molar-refractivity contribution in [3.8, 4) is 5.75 Å². The Hall–Kier alpha value is -2.03. The van der Waals surface area contributed by atoms with Crippen LogP contribution in [0.5, 0.6) is 5.75 Å². The zero-order chi connectivity index (χ0) is 12.4. The van der Waals surface area contributed by atoms with Gasteiger partial charge in [-0.25, -0.2) is 0 Å². The number of carbonyl (C=O) groups is 1. The quantitative estimate of drug-likeness (QED) is 0.881. The van der Waals surface area contributed by atoms with E-state index in [0.29, 0.717) is 0 Å². The van der Waals surface area contributed by atoms with Crippen molar-refractivity contribution in [3.05, 3.63) is 42.0 Å². The second-order valence-electron chi connectivity index (χ2n) is 3.99. The third-order valence-electron chi connectivity index (χ3n) is 2.96. The van der Waals surface area contributed by atoms with Crippen molar-refractivity contribution >= 4 is 16.7 Å². The van der Waals surface area contributed by atoms with Gasteiger partial charge in [-0.15, -0.1) is 0 Å². The van der Waals surface area contributed by atoms with Crippen LogP contribution in [0.15, 0.2) is 36.4 Å². The Labute approximate surface area is 99.6 Å². The van der Waals surface area contributed by atoms with E-state index in [2.05, 4.69) is 0 Å². The second-order valence-corrected chi connectivity index (χ2v) is 3.99. The summed E-state index contributed by atoms with van der Waals surface area (Å²) in [6, 6.07) is 11.4. The summed E-state index contributed by atoms with van der Waals surface area (Å²) < 4.78 is 5.17. The maximum atomic E-state index is 11.1. The van der Waals surface area contributed by atoms with Gasteiger partial charge in [-0.1, -0.05) is 24.3 Å². The Balaban J connectivity index is 2.66. The molecule has 2 rings (SSSR count). The summed E-state index contributed by atoms with van der Waals surface area (Å²) in [5, 5.41) is 11.0. The van der Waals surface area contributed by atoms with Crippen molar-refractivity contribution in [2.45, 2.75) is 12.8 Å². The van der Waals surface area contributed by atoms with E-state index in [0.717, 1.165) is 22.1 Å². The summed E-state index contributed by atoms with van der Waals surface area (Å²) in [5.74, 6) is -0.603. The van der Waals surface area contributed by atoms with Crippen molar-refractivity contribution in [2.75, 3.05) is 7.11 Å². The van der Waals surface area contributed by atoms with E-state index in [-0.39, 0.29) is 0 Å². The molecule has 2 aromatic rings. The summed E-state index contributed by atoms with van der Waals surface area (Å²) in [4.78, 5) is 11.1. The van der Waals surface area contributed by atoms with Crippen LogP contribution < -0.4 is 4.74 Å². The van der Waals surface area contributed by atoms with Crippen molar-refractivity contribution in [2.24, 2.45) is 0 Å². The van der Waals surface area contributed by atoms with Crippen LogP contribution in [0, 0.1) is 0 Å². The number of ether oxygens (including phenoxy) is 1. The van der Waals surface area contributed by atoms with E-state index >= 15 is 0 Å². The summed E-state index contributed by atoms with van der Waals surface area (Å²) in [6.45, 7) is 1.69. The third-order valence-corrected chi connectivity index (χ3v) is 2.96. The molecule has 0 saturated heterocycles. The monoisotopic (exact) mass is 230 g/mol. The van der Waals surface area contributed by atoms with Gasteiger partial charge in [-0.05, 0) is 35.4 Å². The van der Waals surface area contributed by atoms with E-state index in [1.165, 1.54) is 0 Å². The van der Waals surface area contributed by atoms with Crippen molar-refractivity contribution in [1.29, 1.82) is 0 Å². The maximum Gasteiger partial charge on any atom is 0.310 e. The number of hydrogen-bond donors (Lipinski definition) is 1. The highest BCUT2D eigenvalue weighted by Crippen LogP contribution is 2.28. The Morgan fingerprint density at radius 2 is 2.06 bits per heavy atom. The molecule has 2 aromatic carbocycles. The lowest BCUT2D eigenvalue weighted by atomic mass is 9.95. The summed E-state index contributed by atoms with van der Waals surface area (Å²) in [5.41, 5.74) is 0.814. The molecular weight excluding hydrogens is 216 g/mol. The number of carboxylic acids is 1. The highest BCUT2D eigenvalue weighted by atomic mass is 16.5. The first-order valence-corrected chi connectivity index (χ1v) is 5.43. The Morgan fingerprint density at radius 3 is 2.71 bits per heavy atom. The van der Waals surface area contributed by atoms with Crippen LogP contribution in [0.25, 0.3) is 10.8 Å². The molecule has 0 bridgehead atoms. The molecule has 1 atom stereocenters. The molecule has 0 amide bonds. The molecule has 17 heavy (non-hydrogen) atoms. The summed E-state index contributed by atoms with van der Waals surface area (Å²) in [6.07, 6.45) is 0. The van der Waals surface area contributed by atoms with Gasteiger partial charge in [0.2, 0.25) is 0 Å². The molecule has 0 fully saturated rings. The van der Waals surface area contributed by atoms with Crippen LogP contribution in [0.1, 0.15) is 18.4 Å². The predicted octanol–water partition coefficient (Wildman–Crippen LogP) is 3.04. The van der Waals surface area contributed by atoms with Crippen LogP contribution in [-0.4, -0.2) is 18.2 Å². The normalized spacial score (nSPS) is 12.4. The number of benzene rings is 2. The first-order chi connectivity index (χ1) is 8.13. The van der Waals surface area contributed by atoms with Crippen molar-refractivity contribution in [3.63, 3.8) is 0 Å². The van der Waals surface area contributed by atoms with Gasteiger partial charge in [-0.2, -0.15) is 0 Å². The molecule has 0 unspecified atom stereocenters. The van der Waals surface area contributed by atoms with E-state index in [1.54, 1.807) is 14.0 Å². The number of fused-ring (bicyclic) bond motifs is 1. The van der Waals surface area contributed by atoms with Gasteiger partial charge < -0.3 is 9.84 Å². The van der Waals surface area contributed by atoms with Crippen molar-refractivity contribution in [1.82, 2.24) is 0 Å². The molecule has 0 aliphatic heterocycles. The number of rotatable bonds is 3. The molecule has 1 N–H and O–H groups in total. The predicted molar refractivity (Wildman–Crippen MR) is 66.6 cm³/mol. The topological polar surface area (TPSA) is 46.5 Å². The molecule has 88 valence electrons. The fraction of sp³-hybridized carbons (Fsp3) is 0.214. The van der Waals surface area contributed by atoms with E-state index in [9.17, 15) is 4.79 Å². The molecule has 3 heteroatoms. The molecule has 0 aliphatic carbocycles. The standard InChI is InChI=1S/C14H14O3/c1-9(14(15)16)12-5-3-4-10-6-7-11(17-2)8-13(10)12/h3-9H,1-2H3,(H,15,16)/t9-/m1/s1. The first-order valence-electron chi connectivity index (χ1n) is 5.43. The van der Waals surface area contributed by atoms with Gasteiger partial charge in [0.05, 0.1) is 13.0 Å². The smallest absolute Gasteiger partial charge is 0.310 e. The third kappa shape index (κ3) is 2.09. The van der Waals surface area contributed by atoms with Crippen LogP contribution in [0.2, 0.25) is 0 Å². The average Bonchev–Trinajstić information content (AvgIpc) is 2.36. The van der Waals surface area contributed by atoms with Gasteiger partial charge in [0, 0.05) is 0 Å². The molecule has 0 radical (unpaired) electrons. The lowest BCUT2D eigenvalue weighted by Crippen LogP contribution is -2.07. The fourth-order valence-corrected chi connectivity index (χ4v) is 1.91. The van der Waals surface area contributed by atoms with Gasteiger partial charge in [0.1, 0.15) is 5.75 Å². The molecule has 0 aromatic heterocycles. The Kier molecular flexibility index (Phi) is 3.00. The zero-order valence-electron chi connectivity index (χ0n) is 9.81. The van der Waals surface area contributed by atoms with E-state index in [4.69, 9.17) is 9.84 Å². The molecule has 3 nitrogen and oxygen atoms in total. The summed E-state index contributed by atoms with van der Waals surface area (Å²) >= 11 is 0. The van der Waals surface area contributed by atoms with Crippen LogP contribution in [0.3, 0.4) is 0 Å².